The Balaban J connectivity index is 1.48. The Bertz CT molecular complexity index is 1340. The lowest BCUT2D eigenvalue weighted by atomic mass is 9.85. The molecule has 5 aromatic rings. The van der Waals surface area contributed by atoms with Gasteiger partial charge in [-0.05, 0) is 34.9 Å². The molecule has 0 amide bonds. The third kappa shape index (κ3) is 4.73. The number of fused-ring (bicyclic) bond motifs is 1. The molecule has 3 nitrogen and oxygen atoms in total. The summed E-state index contributed by atoms with van der Waals surface area (Å²) in [5.74, 6) is 0.890. The zero-order chi connectivity index (χ0) is 22.5. The van der Waals surface area contributed by atoms with E-state index < -0.39 is 0 Å². The maximum absolute atomic E-state index is 13.2. The summed E-state index contributed by atoms with van der Waals surface area (Å²) >= 11 is 0. The molecule has 1 atom stereocenters. The molecule has 0 radical (unpaired) electrons. The lowest BCUT2D eigenvalue weighted by molar-refractivity contribution is 0.0978. The molecule has 1 aromatic heterocycles. The van der Waals surface area contributed by atoms with Gasteiger partial charge in [0, 0.05) is 35.0 Å². The van der Waals surface area contributed by atoms with Crippen LogP contribution in [0.2, 0.25) is 0 Å². The molecule has 0 aliphatic carbocycles. The van der Waals surface area contributed by atoms with E-state index in [2.05, 4.69) is 35.3 Å². The SMILES string of the molecule is O=C(C[C@H](c1ccccc1)c1c[nH]c2ccc(OCc3ccccc3)cc12)c1ccccc1. The number of ether oxygens (including phenoxy) is 1. The van der Waals surface area contributed by atoms with Gasteiger partial charge in [0.2, 0.25) is 0 Å². The number of benzene rings is 4. The first-order chi connectivity index (χ1) is 16.3. The van der Waals surface area contributed by atoms with Crippen molar-refractivity contribution in [3.05, 3.63) is 138 Å². The Morgan fingerprint density at radius 3 is 2.18 bits per heavy atom. The predicted octanol–water partition coefficient (Wildman–Crippen LogP) is 7.15. The molecule has 4 aromatic carbocycles. The molecular formula is C30H25NO2. The number of hydrogen-bond donors (Lipinski definition) is 1. The maximum Gasteiger partial charge on any atom is 0.163 e. The quantitative estimate of drug-likeness (QED) is 0.265. The number of aromatic amines is 1. The predicted molar refractivity (Wildman–Crippen MR) is 133 cm³/mol. The van der Waals surface area contributed by atoms with Crippen LogP contribution in [0, 0.1) is 0 Å². The zero-order valence-electron chi connectivity index (χ0n) is 18.3. The molecule has 1 heterocycles. The highest BCUT2D eigenvalue weighted by Crippen LogP contribution is 2.36. The molecule has 33 heavy (non-hydrogen) atoms. The van der Waals surface area contributed by atoms with Gasteiger partial charge in [-0.15, -0.1) is 0 Å². The molecule has 0 bridgehead atoms. The van der Waals surface area contributed by atoms with Crippen LogP contribution >= 0.6 is 0 Å². The number of nitrogens with one attached hydrogen (secondary N) is 1. The Hall–Kier alpha value is -4.11. The molecule has 0 spiro atoms. The lowest BCUT2D eigenvalue weighted by Crippen LogP contribution is -2.09. The summed E-state index contributed by atoms with van der Waals surface area (Å²) in [5.41, 5.74) is 5.13. The number of ketones is 1. The highest BCUT2D eigenvalue weighted by atomic mass is 16.5. The second-order valence-corrected chi connectivity index (χ2v) is 8.18. The molecule has 0 saturated heterocycles. The zero-order valence-corrected chi connectivity index (χ0v) is 18.3. The fraction of sp³-hybridized carbons (Fsp3) is 0.100. The van der Waals surface area contributed by atoms with Crippen molar-refractivity contribution in [3.8, 4) is 5.75 Å². The minimum atomic E-state index is -0.0583. The topological polar surface area (TPSA) is 42.1 Å². The molecule has 0 aliphatic heterocycles. The highest BCUT2D eigenvalue weighted by molar-refractivity contribution is 5.97. The van der Waals surface area contributed by atoms with E-state index in [0.29, 0.717) is 13.0 Å². The van der Waals surface area contributed by atoms with Gasteiger partial charge in [-0.2, -0.15) is 0 Å². The van der Waals surface area contributed by atoms with Gasteiger partial charge in [-0.1, -0.05) is 91.0 Å². The molecule has 3 heteroatoms. The van der Waals surface area contributed by atoms with Crippen molar-refractivity contribution in [2.45, 2.75) is 18.9 Å². The molecule has 5 rings (SSSR count). The summed E-state index contributed by atoms with van der Waals surface area (Å²) in [6.45, 7) is 0.515. The average molecular weight is 432 g/mol. The van der Waals surface area contributed by atoms with Crippen LogP contribution in [0.15, 0.2) is 115 Å². The summed E-state index contributed by atoms with van der Waals surface area (Å²) in [7, 11) is 0. The van der Waals surface area contributed by atoms with E-state index in [-0.39, 0.29) is 11.7 Å². The van der Waals surface area contributed by atoms with E-state index >= 15 is 0 Å². The Labute approximate surface area is 193 Å². The van der Waals surface area contributed by atoms with Crippen LogP contribution in [-0.4, -0.2) is 10.8 Å². The maximum atomic E-state index is 13.2. The van der Waals surface area contributed by atoms with Crippen molar-refractivity contribution in [1.29, 1.82) is 0 Å². The fourth-order valence-electron chi connectivity index (χ4n) is 4.26. The van der Waals surface area contributed by atoms with Crippen LogP contribution in [0.5, 0.6) is 5.75 Å². The van der Waals surface area contributed by atoms with Gasteiger partial charge in [0.15, 0.2) is 5.78 Å². The van der Waals surface area contributed by atoms with Crippen molar-refractivity contribution in [2.24, 2.45) is 0 Å². The largest absolute Gasteiger partial charge is 0.489 e. The van der Waals surface area contributed by atoms with Gasteiger partial charge in [-0.25, -0.2) is 0 Å². The summed E-state index contributed by atoms with van der Waals surface area (Å²) in [6, 6.07) is 36.0. The second-order valence-electron chi connectivity index (χ2n) is 8.18. The van der Waals surface area contributed by atoms with Gasteiger partial charge < -0.3 is 9.72 Å². The van der Waals surface area contributed by atoms with Gasteiger partial charge in [0.05, 0.1) is 0 Å². The summed E-state index contributed by atoms with van der Waals surface area (Å²) in [6.07, 6.45) is 2.43. The monoisotopic (exact) mass is 431 g/mol. The number of hydrogen-bond acceptors (Lipinski definition) is 2. The van der Waals surface area contributed by atoms with Crippen molar-refractivity contribution in [1.82, 2.24) is 4.98 Å². The average Bonchev–Trinajstić information content (AvgIpc) is 3.30. The number of H-pyrrole nitrogens is 1. The molecule has 1 N–H and O–H groups in total. The van der Waals surface area contributed by atoms with E-state index in [1.165, 1.54) is 0 Å². The Kier molecular flexibility index (Phi) is 6.03. The first kappa shape index (κ1) is 20.8. The minimum absolute atomic E-state index is 0.0583. The summed E-state index contributed by atoms with van der Waals surface area (Å²) < 4.78 is 6.08. The van der Waals surface area contributed by atoms with Crippen LogP contribution in [-0.2, 0) is 6.61 Å². The van der Waals surface area contributed by atoms with E-state index in [1.54, 1.807) is 0 Å². The van der Waals surface area contributed by atoms with Crippen LogP contribution in [0.25, 0.3) is 10.9 Å². The number of rotatable bonds is 8. The van der Waals surface area contributed by atoms with E-state index in [0.717, 1.165) is 38.9 Å². The van der Waals surface area contributed by atoms with Crippen molar-refractivity contribution >= 4 is 16.7 Å². The number of carbonyl (C=O) groups excluding carboxylic acids is 1. The fourth-order valence-corrected chi connectivity index (χ4v) is 4.26. The van der Waals surface area contributed by atoms with Gasteiger partial charge in [0.25, 0.3) is 0 Å². The Morgan fingerprint density at radius 2 is 1.45 bits per heavy atom. The van der Waals surface area contributed by atoms with E-state index in [4.69, 9.17) is 4.74 Å². The number of carbonyl (C=O) groups is 1. The first-order valence-corrected chi connectivity index (χ1v) is 11.2. The molecule has 0 aliphatic rings. The van der Waals surface area contributed by atoms with Crippen LogP contribution in [0.3, 0.4) is 0 Å². The van der Waals surface area contributed by atoms with Crippen molar-refractivity contribution in [3.63, 3.8) is 0 Å². The smallest absolute Gasteiger partial charge is 0.163 e. The summed E-state index contributed by atoms with van der Waals surface area (Å²) in [5, 5.41) is 1.08. The van der Waals surface area contributed by atoms with Gasteiger partial charge in [-0.3, -0.25) is 4.79 Å². The highest BCUT2D eigenvalue weighted by Gasteiger charge is 2.22. The molecular weight excluding hydrogens is 406 g/mol. The third-order valence-corrected chi connectivity index (χ3v) is 6.00. The van der Waals surface area contributed by atoms with E-state index in [9.17, 15) is 4.79 Å². The first-order valence-electron chi connectivity index (χ1n) is 11.2. The normalized spacial score (nSPS) is 11.9. The minimum Gasteiger partial charge on any atom is -0.489 e. The van der Waals surface area contributed by atoms with Crippen LogP contribution in [0.1, 0.15) is 39.4 Å². The van der Waals surface area contributed by atoms with Crippen molar-refractivity contribution < 1.29 is 9.53 Å². The molecule has 0 saturated carbocycles. The van der Waals surface area contributed by atoms with E-state index in [1.807, 2.05) is 85.1 Å². The van der Waals surface area contributed by atoms with Gasteiger partial charge >= 0.3 is 0 Å². The Morgan fingerprint density at radius 1 is 0.788 bits per heavy atom. The second kappa shape index (κ2) is 9.58. The van der Waals surface area contributed by atoms with Crippen molar-refractivity contribution in [2.75, 3.05) is 0 Å². The number of aromatic nitrogens is 1. The number of Topliss-reactive ketones (excluding diaryl/α,β-unsaturated/α-hetero) is 1. The van der Waals surface area contributed by atoms with Crippen LogP contribution in [0.4, 0.5) is 0 Å². The third-order valence-electron chi connectivity index (χ3n) is 6.00. The lowest BCUT2D eigenvalue weighted by Gasteiger charge is -2.17. The summed E-state index contributed by atoms with van der Waals surface area (Å²) in [4.78, 5) is 16.5. The molecule has 0 fully saturated rings. The molecule has 162 valence electrons. The molecule has 0 unspecified atom stereocenters. The van der Waals surface area contributed by atoms with Gasteiger partial charge in [0.1, 0.15) is 12.4 Å². The standard InChI is InChI=1S/C30H25NO2/c32-30(24-14-8-3-9-15-24)19-26(23-12-6-2-7-13-23)28-20-31-29-17-16-25(18-27(28)29)33-21-22-10-4-1-5-11-22/h1-18,20,26,31H,19,21H2/t26-/m1/s1. The van der Waals surface area contributed by atoms with Crippen LogP contribution < -0.4 is 4.74 Å².